The Kier molecular flexibility index (Phi) is 8.93. The van der Waals surface area contributed by atoms with Gasteiger partial charge in [0.2, 0.25) is 0 Å². The molecular formula is C34H35NO2. The van der Waals surface area contributed by atoms with Crippen LogP contribution in [0.5, 0.6) is 0 Å². The van der Waals surface area contributed by atoms with Gasteiger partial charge in [-0.15, -0.1) is 0 Å². The average Bonchev–Trinajstić information content (AvgIpc) is 2.93. The lowest BCUT2D eigenvalue weighted by atomic mass is 10.0. The summed E-state index contributed by atoms with van der Waals surface area (Å²) >= 11 is 0. The van der Waals surface area contributed by atoms with Crippen molar-refractivity contribution in [2.45, 2.75) is 39.5 Å². The van der Waals surface area contributed by atoms with Crippen molar-refractivity contribution in [1.82, 2.24) is 0 Å². The Morgan fingerprint density at radius 2 is 1.14 bits per heavy atom. The van der Waals surface area contributed by atoms with Crippen molar-refractivity contribution >= 4 is 23.0 Å². The lowest BCUT2D eigenvalue weighted by Gasteiger charge is -2.26. The summed E-state index contributed by atoms with van der Waals surface area (Å²) in [4.78, 5) is 13.4. The molecule has 3 nitrogen and oxygen atoms in total. The van der Waals surface area contributed by atoms with Crippen LogP contribution in [0.15, 0.2) is 110 Å². The van der Waals surface area contributed by atoms with Crippen LogP contribution >= 0.6 is 0 Å². The average molecular weight is 490 g/mol. The molecule has 188 valence electrons. The quantitative estimate of drug-likeness (QED) is 0.120. The molecule has 0 aliphatic heterocycles. The van der Waals surface area contributed by atoms with Gasteiger partial charge in [0.05, 0.1) is 6.61 Å². The monoisotopic (exact) mass is 489 g/mol. The van der Waals surface area contributed by atoms with Crippen LogP contribution in [0, 0.1) is 13.8 Å². The lowest BCUT2D eigenvalue weighted by Crippen LogP contribution is -2.09. The lowest BCUT2D eigenvalue weighted by molar-refractivity contribution is -0.137. The maximum atomic E-state index is 11.1. The predicted octanol–water partition coefficient (Wildman–Crippen LogP) is 8.88. The number of esters is 1. The van der Waals surface area contributed by atoms with Gasteiger partial charge in [0.25, 0.3) is 0 Å². The second-order valence-electron chi connectivity index (χ2n) is 9.43. The van der Waals surface area contributed by atoms with E-state index in [0.29, 0.717) is 6.61 Å². The Morgan fingerprint density at radius 1 is 0.676 bits per heavy atom. The number of unbranched alkanes of at least 4 members (excludes halogenated alkanes) is 2. The summed E-state index contributed by atoms with van der Waals surface area (Å²) in [7, 11) is 0. The van der Waals surface area contributed by atoms with Crippen LogP contribution in [0.2, 0.25) is 0 Å². The van der Waals surface area contributed by atoms with Crippen LogP contribution in [0.1, 0.15) is 36.0 Å². The molecule has 0 N–H and O–H groups in total. The molecule has 0 radical (unpaired) electrons. The van der Waals surface area contributed by atoms with Crippen LogP contribution < -0.4 is 4.90 Å². The van der Waals surface area contributed by atoms with Gasteiger partial charge in [0.15, 0.2) is 0 Å². The van der Waals surface area contributed by atoms with Gasteiger partial charge in [0.1, 0.15) is 0 Å². The Bertz CT molecular complexity index is 1240. The zero-order chi connectivity index (χ0) is 26.0. The van der Waals surface area contributed by atoms with Gasteiger partial charge in [0, 0.05) is 23.1 Å². The SMILES string of the molecule is C=CC(=O)OCCCCCc1ccc(-c2ccc(N(c3ccc(C)cc3)c3ccc(C)cc3)cc2)cc1. The maximum absolute atomic E-state index is 11.1. The van der Waals surface area contributed by atoms with Gasteiger partial charge in [-0.1, -0.05) is 78.4 Å². The fraction of sp³-hybridized carbons (Fsp3) is 0.206. The second-order valence-corrected chi connectivity index (χ2v) is 9.43. The topological polar surface area (TPSA) is 29.5 Å². The van der Waals surface area contributed by atoms with Crippen LogP contribution in [-0.4, -0.2) is 12.6 Å². The van der Waals surface area contributed by atoms with Gasteiger partial charge in [-0.05, 0) is 92.6 Å². The highest BCUT2D eigenvalue weighted by molar-refractivity contribution is 5.81. The zero-order valence-corrected chi connectivity index (χ0v) is 21.8. The molecule has 0 spiro atoms. The van der Waals surface area contributed by atoms with Crippen molar-refractivity contribution in [3.8, 4) is 11.1 Å². The van der Waals surface area contributed by atoms with Gasteiger partial charge >= 0.3 is 5.97 Å². The smallest absolute Gasteiger partial charge is 0.330 e. The highest BCUT2D eigenvalue weighted by Gasteiger charge is 2.12. The molecule has 0 saturated carbocycles. The van der Waals surface area contributed by atoms with Gasteiger partial charge in [-0.2, -0.15) is 0 Å². The van der Waals surface area contributed by atoms with Crippen molar-refractivity contribution in [2.75, 3.05) is 11.5 Å². The molecule has 4 rings (SSSR count). The molecule has 0 bridgehead atoms. The van der Waals surface area contributed by atoms with Crippen LogP contribution in [0.25, 0.3) is 11.1 Å². The van der Waals surface area contributed by atoms with E-state index in [2.05, 4.69) is 122 Å². The molecule has 4 aromatic rings. The Balaban J connectivity index is 1.42. The third-order valence-corrected chi connectivity index (χ3v) is 6.52. The molecule has 37 heavy (non-hydrogen) atoms. The maximum Gasteiger partial charge on any atom is 0.330 e. The normalized spacial score (nSPS) is 10.6. The third-order valence-electron chi connectivity index (χ3n) is 6.52. The summed E-state index contributed by atoms with van der Waals surface area (Å²) in [6, 6.07) is 35.0. The van der Waals surface area contributed by atoms with E-state index in [1.54, 1.807) is 0 Å². The van der Waals surface area contributed by atoms with Crippen molar-refractivity contribution < 1.29 is 9.53 Å². The van der Waals surface area contributed by atoms with Crippen molar-refractivity contribution in [2.24, 2.45) is 0 Å². The molecule has 0 aliphatic carbocycles. The highest BCUT2D eigenvalue weighted by atomic mass is 16.5. The number of aryl methyl sites for hydroxylation is 3. The molecule has 0 fully saturated rings. The number of hydrogen-bond acceptors (Lipinski definition) is 3. The van der Waals surface area contributed by atoms with Crippen molar-refractivity contribution in [3.05, 3.63) is 126 Å². The van der Waals surface area contributed by atoms with Gasteiger partial charge < -0.3 is 9.64 Å². The standard InChI is InChI=1S/C34H35NO2/c1-4-34(36)37-25-7-5-6-8-28-13-15-29(16-14-28)30-17-23-33(24-18-30)35(31-19-9-26(2)10-20-31)32-21-11-27(3)12-22-32/h4,9-24H,1,5-8,25H2,2-3H3. The second kappa shape index (κ2) is 12.7. The molecule has 4 aromatic carbocycles. The number of anilines is 3. The minimum atomic E-state index is -0.346. The molecule has 0 unspecified atom stereocenters. The fourth-order valence-corrected chi connectivity index (χ4v) is 4.34. The van der Waals surface area contributed by atoms with E-state index in [4.69, 9.17) is 4.74 Å². The largest absolute Gasteiger partial charge is 0.463 e. The first-order chi connectivity index (χ1) is 18.0. The molecule has 0 aromatic heterocycles. The molecule has 0 amide bonds. The Labute approximate surface area is 221 Å². The summed E-state index contributed by atoms with van der Waals surface area (Å²) in [6.07, 6.45) is 5.22. The van der Waals surface area contributed by atoms with Gasteiger partial charge in [-0.3, -0.25) is 0 Å². The number of benzene rings is 4. The first-order valence-corrected chi connectivity index (χ1v) is 13.0. The first-order valence-electron chi connectivity index (χ1n) is 13.0. The molecule has 0 aliphatic rings. The van der Waals surface area contributed by atoms with E-state index in [0.717, 1.165) is 42.7 Å². The van der Waals surface area contributed by atoms with Gasteiger partial charge in [-0.25, -0.2) is 4.79 Å². The molecule has 0 atom stereocenters. The number of carbonyl (C=O) groups excluding carboxylic acids is 1. The summed E-state index contributed by atoms with van der Waals surface area (Å²) < 4.78 is 5.03. The predicted molar refractivity (Wildman–Crippen MR) is 155 cm³/mol. The van der Waals surface area contributed by atoms with Crippen LogP contribution in [-0.2, 0) is 16.0 Å². The van der Waals surface area contributed by atoms with E-state index in [-0.39, 0.29) is 5.97 Å². The van der Waals surface area contributed by atoms with E-state index in [9.17, 15) is 4.79 Å². The Hall–Kier alpha value is -4.11. The first kappa shape index (κ1) is 26.0. The van der Waals surface area contributed by atoms with E-state index >= 15 is 0 Å². The third kappa shape index (κ3) is 7.20. The number of hydrogen-bond donors (Lipinski definition) is 0. The Morgan fingerprint density at radius 3 is 1.62 bits per heavy atom. The minimum absolute atomic E-state index is 0.346. The van der Waals surface area contributed by atoms with Crippen LogP contribution in [0.4, 0.5) is 17.1 Å². The molecule has 3 heteroatoms. The van der Waals surface area contributed by atoms with Crippen molar-refractivity contribution in [1.29, 1.82) is 0 Å². The highest BCUT2D eigenvalue weighted by Crippen LogP contribution is 2.35. The zero-order valence-electron chi connectivity index (χ0n) is 21.8. The summed E-state index contributed by atoms with van der Waals surface area (Å²) in [5, 5.41) is 0. The number of nitrogens with zero attached hydrogens (tertiary/aromatic N) is 1. The minimum Gasteiger partial charge on any atom is -0.463 e. The molecule has 0 saturated heterocycles. The summed E-state index contributed by atoms with van der Waals surface area (Å²) in [5.74, 6) is -0.346. The summed E-state index contributed by atoms with van der Waals surface area (Å²) in [5.41, 5.74) is 9.66. The number of carbonyl (C=O) groups is 1. The van der Waals surface area contributed by atoms with Crippen molar-refractivity contribution in [3.63, 3.8) is 0 Å². The van der Waals surface area contributed by atoms with Crippen LogP contribution in [0.3, 0.4) is 0 Å². The fourth-order valence-electron chi connectivity index (χ4n) is 4.34. The summed E-state index contributed by atoms with van der Waals surface area (Å²) in [6.45, 7) is 8.10. The van der Waals surface area contributed by atoms with E-state index in [1.165, 1.54) is 33.9 Å². The number of ether oxygens (including phenoxy) is 1. The van der Waals surface area contributed by atoms with E-state index in [1.807, 2.05) is 0 Å². The van der Waals surface area contributed by atoms with E-state index < -0.39 is 0 Å². The number of rotatable bonds is 11. The molecule has 0 heterocycles. The molecular weight excluding hydrogens is 454 g/mol.